The summed E-state index contributed by atoms with van der Waals surface area (Å²) in [4.78, 5) is 38.0. The van der Waals surface area contributed by atoms with Crippen molar-refractivity contribution in [2.75, 3.05) is 39.4 Å². The molecule has 8 heteroatoms. The molecule has 216 valence electrons. The average Bonchev–Trinajstić information content (AvgIpc) is 2.96. The number of benzene rings is 1. The summed E-state index contributed by atoms with van der Waals surface area (Å²) in [6, 6.07) is 8.67. The van der Waals surface area contributed by atoms with E-state index < -0.39 is 0 Å². The van der Waals surface area contributed by atoms with Crippen LogP contribution in [0.3, 0.4) is 0 Å². The normalized spacial score (nSPS) is 20.9. The Kier molecular flexibility index (Phi) is 8.86. The molecule has 3 saturated heterocycles. The predicted octanol–water partition coefficient (Wildman–Crippen LogP) is 4.75. The highest BCUT2D eigenvalue weighted by molar-refractivity contribution is 5.96. The van der Waals surface area contributed by atoms with E-state index >= 15 is 0 Å². The molecule has 0 saturated carbocycles. The molecule has 2 amide bonds. The van der Waals surface area contributed by atoms with Gasteiger partial charge < -0.3 is 14.5 Å². The van der Waals surface area contributed by atoms with Gasteiger partial charge in [-0.05, 0) is 88.6 Å². The number of amides is 2. The molecule has 3 aliphatic rings. The lowest BCUT2D eigenvalue weighted by Crippen LogP contribution is -2.58. The van der Waals surface area contributed by atoms with Crippen molar-refractivity contribution in [3.63, 3.8) is 0 Å². The number of rotatable bonds is 6. The minimum Gasteiger partial charge on any atom is -0.381 e. The molecule has 0 aliphatic carbocycles. The largest absolute Gasteiger partial charge is 0.381 e. The van der Waals surface area contributed by atoms with Crippen molar-refractivity contribution in [3.05, 3.63) is 64.7 Å². The van der Waals surface area contributed by atoms with E-state index in [0.29, 0.717) is 19.8 Å². The van der Waals surface area contributed by atoms with Crippen LogP contribution < -0.4 is 0 Å². The molecule has 3 fully saturated rings. The zero-order chi connectivity index (χ0) is 28.3. The second-order valence-electron chi connectivity index (χ2n) is 12.1. The molecule has 4 heterocycles. The first-order valence-electron chi connectivity index (χ1n) is 14.8. The number of pyridine rings is 1. The second kappa shape index (κ2) is 12.4. The summed E-state index contributed by atoms with van der Waals surface area (Å²) in [6.45, 7) is 11.2. The quantitative estimate of drug-likeness (QED) is 0.519. The van der Waals surface area contributed by atoms with Gasteiger partial charge in [-0.1, -0.05) is 12.1 Å². The topological polar surface area (TPSA) is 66.0 Å². The highest BCUT2D eigenvalue weighted by atomic mass is 19.1. The minimum atomic E-state index is -0.266. The molecule has 0 N–H and O–H groups in total. The van der Waals surface area contributed by atoms with Crippen molar-refractivity contribution in [3.8, 4) is 0 Å². The van der Waals surface area contributed by atoms with E-state index in [4.69, 9.17) is 4.74 Å². The third-order valence-corrected chi connectivity index (χ3v) is 9.45. The van der Waals surface area contributed by atoms with Crippen LogP contribution in [0, 0.1) is 25.6 Å². The van der Waals surface area contributed by atoms with Crippen molar-refractivity contribution >= 4 is 11.8 Å². The van der Waals surface area contributed by atoms with Crippen LogP contribution in [0.25, 0.3) is 0 Å². The number of hydrogen-bond acceptors (Lipinski definition) is 5. The molecule has 1 aromatic carbocycles. The van der Waals surface area contributed by atoms with Gasteiger partial charge in [-0.3, -0.25) is 19.5 Å². The summed E-state index contributed by atoms with van der Waals surface area (Å²) in [6.07, 6.45) is 6.92. The molecule has 0 radical (unpaired) electrons. The maximum atomic E-state index is 14.0. The van der Waals surface area contributed by atoms with Crippen LogP contribution >= 0.6 is 0 Å². The first-order chi connectivity index (χ1) is 19.2. The van der Waals surface area contributed by atoms with Crippen LogP contribution in [0.5, 0.6) is 0 Å². The number of carbonyl (C=O) groups excluding carboxylic acids is 2. The maximum absolute atomic E-state index is 14.0. The Bertz CT molecular complexity index is 1180. The Labute approximate surface area is 237 Å². The number of halogens is 1. The zero-order valence-electron chi connectivity index (χ0n) is 24.2. The Morgan fingerprint density at radius 1 is 1.05 bits per heavy atom. The molecule has 0 atom stereocenters. The minimum absolute atomic E-state index is 0.0215. The fraction of sp³-hybridized carbons (Fsp3) is 0.594. The van der Waals surface area contributed by atoms with Gasteiger partial charge in [0.15, 0.2) is 0 Å². The van der Waals surface area contributed by atoms with Crippen molar-refractivity contribution in [2.45, 2.75) is 77.4 Å². The van der Waals surface area contributed by atoms with E-state index in [-0.39, 0.29) is 35.1 Å². The number of aromatic nitrogens is 1. The van der Waals surface area contributed by atoms with Crippen LogP contribution in [0.2, 0.25) is 0 Å². The smallest absolute Gasteiger partial charge is 0.255 e. The number of piperidine rings is 2. The number of carbonyl (C=O) groups is 2. The van der Waals surface area contributed by atoms with E-state index in [9.17, 15) is 14.0 Å². The van der Waals surface area contributed by atoms with E-state index in [0.717, 1.165) is 87.1 Å². The second-order valence-corrected chi connectivity index (χ2v) is 12.1. The Balaban J connectivity index is 1.22. The molecule has 0 unspecified atom stereocenters. The van der Waals surface area contributed by atoms with Gasteiger partial charge in [0.05, 0.1) is 11.3 Å². The van der Waals surface area contributed by atoms with Gasteiger partial charge in [0, 0.05) is 69.6 Å². The van der Waals surface area contributed by atoms with Gasteiger partial charge in [0.1, 0.15) is 5.82 Å². The number of aryl methyl sites for hydroxylation is 2. The van der Waals surface area contributed by atoms with Gasteiger partial charge in [0.2, 0.25) is 5.91 Å². The van der Waals surface area contributed by atoms with Crippen LogP contribution in [0.4, 0.5) is 4.39 Å². The molecule has 40 heavy (non-hydrogen) atoms. The van der Waals surface area contributed by atoms with Crippen molar-refractivity contribution in [2.24, 2.45) is 5.92 Å². The molecular weight excluding hydrogens is 507 g/mol. The lowest BCUT2D eigenvalue weighted by Gasteiger charge is -2.50. The number of nitrogens with zero attached hydrogens (tertiary/aromatic N) is 4. The van der Waals surface area contributed by atoms with Crippen molar-refractivity contribution in [1.82, 2.24) is 19.7 Å². The Morgan fingerprint density at radius 3 is 2.40 bits per heavy atom. The molecule has 0 spiro atoms. The van der Waals surface area contributed by atoms with Crippen LogP contribution in [-0.4, -0.2) is 82.5 Å². The zero-order valence-corrected chi connectivity index (χ0v) is 24.2. The van der Waals surface area contributed by atoms with Crippen molar-refractivity contribution < 1.29 is 18.7 Å². The first kappa shape index (κ1) is 28.7. The van der Waals surface area contributed by atoms with Gasteiger partial charge in [-0.25, -0.2) is 4.39 Å². The maximum Gasteiger partial charge on any atom is 0.255 e. The standard InChI is InChI=1S/C32H43FN4O3/c1-23-7-14-34-24(2)29(23)31(39)35-17-12-32(3,13-18-35)36-15-8-28(9-16-36)37(22-25-5-4-6-27(33)21-25)30(38)26-10-19-40-20-11-26/h4-7,14,21,26,28H,8-13,15-20,22H2,1-3H3. The summed E-state index contributed by atoms with van der Waals surface area (Å²) in [7, 11) is 0. The van der Waals surface area contributed by atoms with Gasteiger partial charge in [0.25, 0.3) is 5.91 Å². The summed E-state index contributed by atoms with van der Waals surface area (Å²) >= 11 is 0. The van der Waals surface area contributed by atoms with E-state index in [1.807, 2.05) is 35.8 Å². The number of likely N-dealkylation sites (tertiary alicyclic amines) is 2. The molecule has 3 aliphatic heterocycles. The van der Waals surface area contributed by atoms with Crippen molar-refractivity contribution in [1.29, 1.82) is 0 Å². The Hall–Kier alpha value is -2.84. The molecule has 7 nitrogen and oxygen atoms in total. The van der Waals surface area contributed by atoms with Gasteiger partial charge >= 0.3 is 0 Å². The van der Waals surface area contributed by atoms with Crippen LogP contribution in [-0.2, 0) is 16.1 Å². The predicted molar refractivity (Wildman–Crippen MR) is 152 cm³/mol. The van der Waals surface area contributed by atoms with E-state index in [1.165, 1.54) is 6.07 Å². The van der Waals surface area contributed by atoms with E-state index in [2.05, 4.69) is 16.8 Å². The summed E-state index contributed by atoms with van der Waals surface area (Å²) in [5.41, 5.74) is 3.37. The fourth-order valence-electron chi connectivity index (χ4n) is 6.80. The highest BCUT2D eigenvalue weighted by Gasteiger charge is 2.41. The monoisotopic (exact) mass is 550 g/mol. The van der Waals surface area contributed by atoms with Crippen LogP contribution in [0.1, 0.15) is 72.6 Å². The molecule has 1 aromatic heterocycles. The lowest BCUT2D eigenvalue weighted by atomic mass is 9.85. The highest BCUT2D eigenvalue weighted by Crippen LogP contribution is 2.34. The fourth-order valence-corrected chi connectivity index (χ4v) is 6.80. The average molecular weight is 551 g/mol. The van der Waals surface area contributed by atoms with Crippen LogP contribution in [0.15, 0.2) is 36.5 Å². The summed E-state index contributed by atoms with van der Waals surface area (Å²) in [5, 5.41) is 0. The van der Waals surface area contributed by atoms with E-state index in [1.54, 1.807) is 18.3 Å². The molecule has 0 bridgehead atoms. The Morgan fingerprint density at radius 2 is 1.75 bits per heavy atom. The SMILES string of the molecule is Cc1ccnc(C)c1C(=O)N1CCC(C)(N2CCC(N(Cc3cccc(F)c3)C(=O)C3CCOCC3)CC2)CC1. The summed E-state index contributed by atoms with van der Waals surface area (Å²) < 4.78 is 19.5. The number of hydrogen-bond donors (Lipinski definition) is 0. The molecule has 2 aromatic rings. The van der Waals surface area contributed by atoms with Gasteiger partial charge in [-0.15, -0.1) is 0 Å². The third-order valence-electron chi connectivity index (χ3n) is 9.45. The molecule has 5 rings (SSSR count). The third kappa shape index (κ3) is 6.23. The molecular formula is C32H43FN4O3. The first-order valence-corrected chi connectivity index (χ1v) is 14.8. The summed E-state index contributed by atoms with van der Waals surface area (Å²) in [5.74, 6) is -0.0160. The van der Waals surface area contributed by atoms with Gasteiger partial charge in [-0.2, -0.15) is 0 Å². The number of ether oxygens (including phenoxy) is 1. The lowest BCUT2D eigenvalue weighted by molar-refractivity contribution is -0.143.